The van der Waals surface area contributed by atoms with Gasteiger partial charge in [0.2, 0.25) is 0 Å². The van der Waals surface area contributed by atoms with Crippen molar-refractivity contribution in [1.29, 1.82) is 0 Å². The van der Waals surface area contributed by atoms with Gasteiger partial charge < -0.3 is 10.0 Å². The molecule has 2 N–H and O–H groups in total. The molecule has 0 aromatic heterocycles. The van der Waals surface area contributed by atoms with E-state index in [9.17, 15) is 10.0 Å². The summed E-state index contributed by atoms with van der Waals surface area (Å²) in [5, 5.41) is 20.8. The van der Waals surface area contributed by atoms with E-state index < -0.39 is 7.12 Å². The molecule has 0 unspecified atom stereocenters. The third-order valence-electron chi connectivity index (χ3n) is 2.64. The van der Waals surface area contributed by atoms with Crippen LogP contribution in [0.5, 0.6) is 0 Å². The Labute approximate surface area is 99.4 Å². The van der Waals surface area contributed by atoms with Gasteiger partial charge in [0, 0.05) is 4.90 Å². The molecule has 16 heavy (non-hydrogen) atoms. The highest BCUT2D eigenvalue weighted by molar-refractivity contribution is 7.99. The first-order valence-corrected chi connectivity index (χ1v) is 6.29. The monoisotopic (exact) mass is 232 g/mol. The predicted octanol–water partition coefficient (Wildman–Crippen LogP) is 1.55. The first-order chi connectivity index (χ1) is 7.63. The Morgan fingerprint density at radius 2 is 1.88 bits per heavy atom. The zero-order valence-electron chi connectivity index (χ0n) is 9.27. The number of thioether (sulfide) groups is 1. The molecule has 2 aromatic rings. The predicted molar refractivity (Wildman–Crippen MR) is 70.3 cm³/mol. The van der Waals surface area contributed by atoms with Crippen LogP contribution in [0.4, 0.5) is 0 Å². The van der Waals surface area contributed by atoms with E-state index in [1.54, 1.807) is 6.07 Å². The SMILES string of the molecule is CSc1c(B(O)O)ccc2cc(C)ccc12. The third kappa shape index (κ3) is 1.96. The molecule has 0 saturated carbocycles. The lowest BCUT2D eigenvalue weighted by Gasteiger charge is -2.10. The Bertz CT molecular complexity index is 526. The quantitative estimate of drug-likeness (QED) is 0.609. The summed E-state index contributed by atoms with van der Waals surface area (Å²) in [5.74, 6) is 0. The topological polar surface area (TPSA) is 40.5 Å². The molecule has 0 heterocycles. The van der Waals surface area contributed by atoms with Crippen molar-refractivity contribution in [3.8, 4) is 0 Å². The second-order valence-electron chi connectivity index (χ2n) is 3.79. The maximum atomic E-state index is 9.29. The molecule has 4 heteroatoms. The van der Waals surface area contributed by atoms with Crippen LogP contribution in [0.2, 0.25) is 0 Å². The summed E-state index contributed by atoms with van der Waals surface area (Å²) in [6.07, 6.45) is 1.94. The molecule has 0 fully saturated rings. The van der Waals surface area contributed by atoms with Crippen LogP contribution in [0, 0.1) is 6.92 Å². The van der Waals surface area contributed by atoms with Crippen molar-refractivity contribution < 1.29 is 10.0 Å². The van der Waals surface area contributed by atoms with Crippen molar-refractivity contribution in [3.05, 3.63) is 35.9 Å². The summed E-state index contributed by atoms with van der Waals surface area (Å²) in [6, 6.07) is 9.87. The molecule has 0 spiro atoms. The van der Waals surface area contributed by atoms with Gasteiger partial charge in [-0.15, -0.1) is 11.8 Å². The highest BCUT2D eigenvalue weighted by Crippen LogP contribution is 2.25. The van der Waals surface area contributed by atoms with Crippen LogP contribution in [0.15, 0.2) is 35.2 Å². The van der Waals surface area contributed by atoms with Crippen molar-refractivity contribution in [2.24, 2.45) is 0 Å². The van der Waals surface area contributed by atoms with Crippen LogP contribution >= 0.6 is 11.8 Å². The van der Waals surface area contributed by atoms with E-state index in [-0.39, 0.29) is 0 Å². The maximum Gasteiger partial charge on any atom is 0.489 e. The van der Waals surface area contributed by atoms with Crippen molar-refractivity contribution in [1.82, 2.24) is 0 Å². The minimum absolute atomic E-state index is 0.573. The fraction of sp³-hybridized carbons (Fsp3) is 0.167. The molecule has 0 aliphatic carbocycles. The average molecular weight is 232 g/mol. The van der Waals surface area contributed by atoms with E-state index in [0.29, 0.717) is 5.46 Å². The molecule has 82 valence electrons. The van der Waals surface area contributed by atoms with Gasteiger partial charge in [0.1, 0.15) is 0 Å². The van der Waals surface area contributed by atoms with Gasteiger partial charge in [0.05, 0.1) is 0 Å². The van der Waals surface area contributed by atoms with E-state index in [2.05, 4.69) is 6.07 Å². The smallest absolute Gasteiger partial charge is 0.423 e. The Morgan fingerprint density at radius 3 is 2.50 bits per heavy atom. The largest absolute Gasteiger partial charge is 0.489 e. The van der Waals surface area contributed by atoms with Crippen molar-refractivity contribution in [3.63, 3.8) is 0 Å². The molecular formula is C12H13BO2S. The second kappa shape index (κ2) is 4.49. The summed E-state index contributed by atoms with van der Waals surface area (Å²) in [5.41, 5.74) is 1.78. The van der Waals surface area contributed by atoms with Crippen molar-refractivity contribution >= 4 is 35.1 Å². The Hall–Kier alpha value is -0.965. The number of hydrogen-bond donors (Lipinski definition) is 2. The zero-order chi connectivity index (χ0) is 11.7. The van der Waals surface area contributed by atoms with Gasteiger partial charge in [-0.05, 0) is 29.4 Å². The molecule has 0 atom stereocenters. The van der Waals surface area contributed by atoms with Crippen molar-refractivity contribution in [2.75, 3.05) is 6.26 Å². The summed E-state index contributed by atoms with van der Waals surface area (Å²) < 4.78 is 0. The molecule has 0 aliphatic heterocycles. The summed E-state index contributed by atoms with van der Waals surface area (Å²) in [6.45, 7) is 2.05. The minimum atomic E-state index is -1.41. The minimum Gasteiger partial charge on any atom is -0.423 e. The van der Waals surface area contributed by atoms with E-state index >= 15 is 0 Å². The van der Waals surface area contributed by atoms with Crippen LogP contribution in [-0.2, 0) is 0 Å². The van der Waals surface area contributed by atoms with Crippen LogP contribution in [0.25, 0.3) is 10.8 Å². The lowest BCUT2D eigenvalue weighted by atomic mass is 9.79. The van der Waals surface area contributed by atoms with Gasteiger partial charge in [0.25, 0.3) is 0 Å². The van der Waals surface area contributed by atoms with Gasteiger partial charge in [-0.2, -0.15) is 0 Å². The standard InChI is InChI=1S/C12H13BO2S/c1-8-3-5-10-9(7-8)4-6-11(13(14)15)12(10)16-2/h3-7,14-15H,1-2H3. The van der Waals surface area contributed by atoms with E-state index in [0.717, 1.165) is 15.7 Å². The normalized spacial score (nSPS) is 10.8. The zero-order valence-corrected chi connectivity index (χ0v) is 10.1. The Balaban J connectivity index is 2.75. The molecule has 0 bridgehead atoms. The fourth-order valence-corrected chi connectivity index (χ4v) is 2.68. The molecule has 2 aromatic carbocycles. The summed E-state index contributed by atoms with van der Waals surface area (Å²) in [4.78, 5) is 0.938. The van der Waals surface area contributed by atoms with Gasteiger partial charge >= 0.3 is 7.12 Å². The van der Waals surface area contributed by atoms with Crippen molar-refractivity contribution in [2.45, 2.75) is 11.8 Å². The van der Waals surface area contributed by atoms with Gasteiger partial charge in [-0.25, -0.2) is 0 Å². The number of benzene rings is 2. The Kier molecular flexibility index (Phi) is 3.24. The van der Waals surface area contributed by atoms with E-state index in [1.807, 2.05) is 31.4 Å². The van der Waals surface area contributed by atoms with Crippen LogP contribution in [-0.4, -0.2) is 23.4 Å². The lowest BCUT2D eigenvalue weighted by molar-refractivity contribution is 0.425. The van der Waals surface area contributed by atoms with Gasteiger partial charge in [-0.1, -0.05) is 35.9 Å². The van der Waals surface area contributed by atoms with Gasteiger partial charge in [0.15, 0.2) is 0 Å². The van der Waals surface area contributed by atoms with Crippen LogP contribution in [0.1, 0.15) is 5.56 Å². The molecule has 0 saturated heterocycles. The van der Waals surface area contributed by atoms with E-state index in [1.165, 1.54) is 17.3 Å². The number of aryl methyl sites for hydroxylation is 1. The molecule has 2 nitrogen and oxygen atoms in total. The molecule has 0 radical (unpaired) electrons. The lowest BCUT2D eigenvalue weighted by Crippen LogP contribution is -2.31. The van der Waals surface area contributed by atoms with Crippen LogP contribution in [0.3, 0.4) is 0 Å². The maximum absolute atomic E-state index is 9.29. The highest BCUT2D eigenvalue weighted by atomic mass is 32.2. The van der Waals surface area contributed by atoms with Gasteiger partial charge in [-0.3, -0.25) is 0 Å². The van der Waals surface area contributed by atoms with E-state index in [4.69, 9.17) is 0 Å². The summed E-state index contributed by atoms with van der Waals surface area (Å²) in [7, 11) is -1.41. The number of rotatable bonds is 2. The fourth-order valence-electron chi connectivity index (χ4n) is 1.87. The number of hydrogen-bond acceptors (Lipinski definition) is 3. The average Bonchev–Trinajstić information content (AvgIpc) is 2.26. The second-order valence-corrected chi connectivity index (χ2v) is 4.60. The third-order valence-corrected chi connectivity index (χ3v) is 3.50. The first kappa shape index (κ1) is 11.5. The first-order valence-electron chi connectivity index (χ1n) is 5.07. The number of fused-ring (bicyclic) bond motifs is 1. The molecule has 0 aliphatic rings. The highest BCUT2D eigenvalue weighted by Gasteiger charge is 2.17. The summed E-state index contributed by atoms with van der Waals surface area (Å²) >= 11 is 1.54. The molecule has 2 rings (SSSR count). The molecule has 0 amide bonds. The molecular weight excluding hydrogens is 219 g/mol. The Morgan fingerprint density at radius 1 is 1.12 bits per heavy atom. The van der Waals surface area contributed by atoms with Crippen LogP contribution < -0.4 is 5.46 Å².